The van der Waals surface area contributed by atoms with E-state index >= 15 is 0 Å². The van der Waals surface area contributed by atoms with Crippen molar-refractivity contribution in [3.05, 3.63) is 0 Å². The van der Waals surface area contributed by atoms with E-state index in [0.717, 1.165) is 19.3 Å². The van der Waals surface area contributed by atoms with E-state index in [2.05, 4.69) is 13.8 Å². The summed E-state index contributed by atoms with van der Waals surface area (Å²) in [6.07, 6.45) is 4.94. The number of hydrogen-bond acceptors (Lipinski definition) is 1. The van der Waals surface area contributed by atoms with Crippen LogP contribution in [0, 0.1) is 11.3 Å². The highest BCUT2D eigenvalue weighted by Crippen LogP contribution is 2.50. The fourth-order valence-corrected chi connectivity index (χ4v) is 2.21. The first-order valence-electron chi connectivity index (χ1n) is 4.82. The van der Waals surface area contributed by atoms with Gasteiger partial charge in [0.1, 0.15) is 0 Å². The van der Waals surface area contributed by atoms with Gasteiger partial charge in [-0.15, -0.1) is 0 Å². The highest BCUT2D eigenvalue weighted by Gasteiger charge is 2.42. The zero-order valence-corrected chi connectivity index (χ0v) is 7.97. The molecule has 0 amide bonds. The van der Waals surface area contributed by atoms with Gasteiger partial charge in [-0.2, -0.15) is 0 Å². The standard InChI is InChI=1S/C10H18O2/c1-3-8(2)10(5-4-6-10)7-9(11)12/h8H,3-7H2,1-2H3,(H,11,12). The van der Waals surface area contributed by atoms with Crippen molar-refractivity contribution < 1.29 is 9.90 Å². The van der Waals surface area contributed by atoms with Gasteiger partial charge < -0.3 is 5.11 Å². The van der Waals surface area contributed by atoms with E-state index in [4.69, 9.17) is 5.11 Å². The molecule has 0 aromatic carbocycles. The van der Waals surface area contributed by atoms with Gasteiger partial charge in [-0.05, 0) is 24.2 Å². The third-order valence-corrected chi connectivity index (χ3v) is 3.51. The third-order valence-electron chi connectivity index (χ3n) is 3.51. The normalized spacial score (nSPS) is 22.8. The van der Waals surface area contributed by atoms with E-state index in [0.29, 0.717) is 12.3 Å². The van der Waals surface area contributed by atoms with E-state index in [1.165, 1.54) is 6.42 Å². The molecule has 0 saturated heterocycles. The van der Waals surface area contributed by atoms with E-state index in [1.54, 1.807) is 0 Å². The second-order valence-corrected chi connectivity index (χ2v) is 4.10. The monoisotopic (exact) mass is 170 g/mol. The molecule has 1 unspecified atom stereocenters. The van der Waals surface area contributed by atoms with Crippen molar-refractivity contribution >= 4 is 5.97 Å². The summed E-state index contributed by atoms with van der Waals surface area (Å²) >= 11 is 0. The maximum absolute atomic E-state index is 10.6. The average molecular weight is 170 g/mol. The summed E-state index contributed by atoms with van der Waals surface area (Å²) in [5, 5.41) is 8.76. The molecule has 1 aliphatic carbocycles. The van der Waals surface area contributed by atoms with Gasteiger partial charge in [0.05, 0.1) is 6.42 Å². The Morgan fingerprint density at radius 3 is 2.42 bits per heavy atom. The molecule has 0 radical (unpaired) electrons. The molecule has 0 aliphatic heterocycles. The fraction of sp³-hybridized carbons (Fsp3) is 0.900. The number of carboxylic acids is 1. The number of carboxylic acid groups (broad SMARTS) is 1. The second kappa shape index (κ2) is 3.46. The van der Waals surface area contributed by atoms with Crippen LogP contribution in [0.4, 0.5) is 0 Å². The molecule has 70 valence electrons. The molecule has 2 nitrogen and oxygen atoms in total. The molecule has 0 aromatic heterocycles. The Bertz CT molecular complexity index is 171. The molecule has 2 heteroatoms. The average Bonchev–Trinajstić information content (AvgIpc) is 1.95. The zero-order chi connectivity index (χ0) is 9.19. The maximum Gasteiger partial charge on any atom is 0.303 e. The van der Waals surface area contributed by atoms with Crippen molar-refractivity contribution in [2.24, 2.45) is 11.3 Å². The summed E-state index contributed by atoms with van der Waals surface area (Å²) < 4.78 is 0. The maximum atomic E-state index is 10.6. The van der Waals surface area contributed by atoms with Gasteiger partial charge in [-0.3, -0.25) is 4.79 Å². The summed E-state index contributed by atoms with van der Waals surface area (Å²) in [6, 6.07) is 0. The molecule has 0 spiro atoms. The second-order valence-electron chi connectivity index (χ2n) is 4.10. The smallest absolute Gasteiger partial charge is 0.303 e. The largest absolute Gasteiger partial charge is 0.481 e. The number of carbonyl (C=O) groups is 1. The van der Waals surface area contributed by atoms with Gasteiger partial charge in [0.2, 0.25) is 0 Å². The molecule has 1 N–H and O–H groups in total. The van der Waals surface area contributed by atoms with Crippen molar-refractivity contribution in [1.29, 1.82) is 0 Å². The van der Waals surface area contributed by atoms with Crippen LogP contribution in [-0.4, -0.2) is 11.1 Å². The predicted octanol–water partition coefficient (Wildman–Crippen LogP) is 2.68. The minimum atomic E-state index is -0.630. The lowest BCUT2D eigenvalue weighted by atomic mass is 9.59. The molecular weight excluding hydrogens is 152 g/mol. The number of hydrogen-bond donors (Lipinski definition) is 1. The van der Waals surface area contributed by atoms with Crippen LogP contribution in [0.25, 0.3) is 0 Å². The summed E-state index contributed by atoms with van der Waals surface area (Å²) in [5.41, 5.74) is 0.153. The molecule has 12 heavy (non-hydrogen) atoms. The van der Waals surface area contributed by atoms with Crippen LogP contribution in [0.5, 0.6) is 0 Å². The topological polar surface area (TPSA) is 37.3 Å². The van der Waals surface area contributed by atoms with Crippen LogP contribution in [0.1, 0.15) is 46.0 Å². The Hall–Kier alpha value is -0.530. The van der Waals surface area contributed by atoms with Crippen molar-refractivity contribution in [1.82, 2.24) is 0 Å². The minimum Gasteiger partial charge on any atom is -0.481 e. The molecule has 0 bridgehead atoms. The van der Waals surface area contributed by atoms with Gasteiger partial charge in [-0.1, -0.05) is 26.7 Å². The summed E-state index contributed by atoms with van der Waals surface area (Å²) in [7, 11) is 0. The van der Waals surface area contributed by atoms with Crippen molar-refractivity contribution in [3.8, 4) is 0 Å². The predicted molar refractivity (Wildman–Crippen MR) is 48.0 cm³/mol. The van der Waals surface area contributed by atoms with Gasteiger partial charge >= 0.3 is 5.97 Å². The quantitative estimate of drug-likeness (QED) is 0.704. The lowest BCUT2D eigenvalue weighted by molar-refractivity contribution is -0.143. The van der Waals surface area contributed by atoms with Gasteiger partial charge in [0.15, 0.2) is 0 Å². The Balaban J connectivity index is 2.56. The van der Waals surface area contributed by atoms with Crippen LogP contribution in [0.2, 0.25) is 0 Å². The lowest BCUT2D eigenvalue weighted by Crippen LogP contribution is -2.37. The van der Waals surface area contributed by atoms with Crippen LogP contribution < -0.4 is 0 Å². The van der Waals surface area contributed by atoms with E-state index in [1.807, 2.05) is 0 Å². The molecule has 0 heterocycles. The summed E-state index contributed by atoms with van der Waals surface area (Å²) in [6.45, 7) is 4.33. The van der Waals surface area contributed by atoms with Crippen LogP contribution in [0.15, 0.2) is 0 Å². The molecule has 1 rings (SSSR count). The van der Waals surface area contributed by atoms with E-state index in [-0.39, 0.29) is 5.41 Å². The van der Waals surface area contributed by atoms with Crippen molar-refractivity contribution in [2.75, 3.05) is 0 Å². The Morgan fingerprint density at radius 2 is 2.17 bits per heavy atom. The zero-order valence-electron chi connectivity index (χ0n) is 7.97. The van der Waals surface area contributed by atoms with E-state index < -0.39 is 5.97 Å². The first-order chi connectivity index (χ1) is 5.60. The molecule has 0 aromatic rings. The Kier molecular flexibility index (Phi) is 2.76. The van der Waals surface area contributed by atoms with Crippen molar-refractivity contribution in [2.45, 2.75) is 46.0 Å². The van der Waals surface area contributed by atoms with Gasteiger partial charge in [0.25, 0.3) is 0 Å². The molecule has 1 saturated carbocycles. The van der Waals surface area contributed by atoms with E-state index in [9.17, 15) is 4.79 Å². The first kappa shape index (κ1) is 9.56. The minimum absolute atomic E-state index is 0.153. The van der Waals surface area contributed by atoms with Gasteiger partial charge in [0, 0.05) is 0 Å². The summed E-state index contributed by atoms with van der Waals surface area (Å²) in [4.78, 5) is 10.6. The highest BCUT2D eigenvalue weighted by molar-refractivity contribution is 5.68. The lowest BCUT2D eigenvalue weighted by Gasteiger charge is -2.45. The highest BCUT2D eigenvalue weighted by atomic mass is 16.4. The summed E-state index contributed by atoms with van der Waals surface area (Å²) in [5.74, 6) is -0.0580. The number of aliphatic carboxylic acids is 1. The molecule has 1 atom stereocenters. The first-order valence-corrected chi connectivity index (χ1v) is 4.82. The molecule has 1 fully saturated rings. The Labute approximate surface area is 74.0 Å². The van der Waals surface area contributed by atoms with Crippen LogP contribution in [0.3, 0.4) is 0 Å². The number of rotatable bonds is 4. The Morgan fingerprint density at radius 1 is 1.58 bits per heavy atom. The third kappa shape index (κ3) is 1.62. The van der Waals surface area contributed by atoms with Gasteiger partial charge in [-0.25, -0.2) is 0 Å². The fourth-order valence-electron chi connectivity index (χ4n) is 2.21. The van der Waals surface area contributed by atoms with Crippen LogP contribution >= 0.6 is 0 Å². The van der Waals surface area contributed by atoms with Crippen LogP contribution in [-0.2, 0) is 4.79 Å². The molecular formula is C10H18O2. The van der Waals surface area contributed by atoms with Crippen molar-refractivity contribution in [3.63, 3.8) is 0 Å². The SMILES string of the molecule is CCC(C)C1(CC(=O)O)CCC1. The molecule has 1 aliphatic rings.